The predicted octanol–water partition coefficient (Wildman–Crippen LogP) is 1.68. The summed E-state index contributed by atoms with van der Waals surface area (Å²) in [6.07, 6.45) is 0.777. The molecule has 0 aromatic heterocycles. The van der Waals surface area contributed by atoms with Crippen LogP contribution in [0.3, 0.4) is 0 Å². The number of amides is 2. The van der Waals surface area contributed by atoms with Gasteiger partial charge in [0.1, 0.15) is 0 Å². The first-order valence-corrected chi connectivity index (χ1v) is 8.06. The van der Waals surface area contributed by atoms with E-state index in [9.17, 15) is 9.59 Å². The number of carboxylic acids is 1. The summed E-state index contributed by atoms with van der Waals surface area (Å²) in [5.74, 6) is -0.332. The molecule has 0 aliphatic carbocycles. The Morgan fingerprint density at radius 3 is 2.83 bits per heavy atom. The van der Waals surface area contributed by atoms with Crippen molar-refractivity contribution in [2.45, 2.75) is 24.8 Å². The lowest BCUT2D eigenvalue weighted by atomic mass is 9.84. The van der Waals surface area contributed by atoms with Gasteiger partial charge in [-0.25, -0.2) is 4.79 Å². The average Bonchev–Trinajstić information content (AvgIpc) is 2.95. The molecule has 23 heavy (non-hydrogen) atoms. The van der Waals surface area contributed by atoms with Crippen LogP contribution in [0, 0.1) is 5.92 Å². The molecule has 2 aliphatic rings. The maximum absolute atomic E-state index is 12.4. The van der Waals surface area contributed by atoms with Crippen molar-refractivity contribution in [3.05, 3.63) is 35.9 Å². The van der Waals surface area contributed by atoms with E-state index < -0.39 is 5.97 Å². The van der Waals surface area contributed by atoms with Crippen molar-refractivity contribution >= 4 is 12.0 Å². The molecule has 6 nitrogen and oxygen atoms in total. The lowest BCUT2D eigenvalue weighted by Crippen LogP contribution is -2.47. The van der Waals surface area contributed by atoms with Gasteiger partial charge in [0, 0.05) is 37.6 Å². The van der Waals surface area contributed by atoms with Gasteiger partial charge in [-0.2, -0.15) is 0 Å². The summed E-state index contributed by atoms with van der Waals surface area (Å²) in [5.41, 5.74) is 1.23. The monoisotopic (exact) mass is 318 g/mol. The summed E-state index contributed by atoms with van der Waals surface area (Å²) in [6.45, 7) is 2.15. The predicted molar refractivity (Wildman–Crippen MR) is 84.3 cm³/mol. The summed E-state index contributed by atoms with van der Waals surface area (Å²) in [5, 5.41) is 11.4. The number of ether oxygens (including phenoxy) is 1. The number of benzene rings is 1. The number of carbonyl (C=O) groups excluding carboxylic acids is 1. The molecule has 2 fully saturated rings. The lowest BCUT2D eigenvalue weighted by Gasteiger charge is -2.32. The van der Waals surface area contributed by atoms with Crippen molar-refractivity contribution in [3.63, 3.8) is 0 Å². The molecule has 1 aromatic carbocycles. The van der Waals surface area contributed by atoms with Gasteiger partial charge in [0.15, 0.2) is 0 Å². The number of urea groups is 1. The summed E-state index contributed by atoms with van der Waals surface area (Å²) in [7, 11) is 0. The molecule has 2 amide bonds. The van der Waals surface area contributed by atoms with Crippen LogP contribution in [0.15, 0.2) is 30.3 Å². The molecule has 1 aromatic rings. The Morgan fingerprint density at radius 1 is 1.30 bits per heavy atom. The highest BCUT2D eigenvalue weighted by Gasteiger charge is 2.45. The highest BCUT2D eigenvalue weighted by molar-refractivity contribution is 5.76. The van der Waals surface area contributed by atoms with Gasteiger partial charge in [-0.3, -0.25) is 4.79 Å². The van der Waals surface area contributed by atoms with E-state index in [2.05, 4.69) is 17.4 Å². The summed E-state index contributed by atoms with van der Waals surface area (Å²) in [4.78, 5) is 24.9. The van der Waals surface area contributed by atoms with Gasteiger partial charge in [-0.1, -0.05) is 30.3 Å². The van der Waals surface area contributed by atoms with Crippen LogP contribution in [-0.2, 0) is 9.53 Å². The number of carboxylic acid groups (broad SMARTS) is 1. The molecule has 0 radical (unpaired) electrons. The summed E-state index contributed by atoms with van der Waals surface area (Å²) < 4.78 is 5.64. The smallest absolute Gasteiger partial charge is 0.317 e. The first-order chi connectivity index (χ1) is 11.2. The highest BCUT2D eigenvalue weighted by Crippen LogP contribution is 2.40. The topological polar surface area (TPSA) is 78.9 Å². The third-order valence-electron chi connectivity index (χ3n) is 4.78. The maximum Gasteiger partial charge on any atom is 0.317 e. The zero-order chi connectivity index (χ0) is 16.2. The molecule has 0 bridgehead atoms. The molecule has 3 rings (SSSR count). The van der Waals surface area contributed by atoms with Crippen LogP contribution in [0.1, 0.15) is 24.3 Å². The number of nitrogens with zero attached hydrogens (tertiary/aromatic N) is 1. The van der Waals surface area contributed by atoms with Crippen molar-refractivity contribution in [3.8, 4) is 0 Å². The second-order valence-corrected chi connectivity index (χ2v) is 6.14. The second kappa shape index (κ2) is 7.00. The number of nitrogens with one attached hydrogen (secondary N) is 1. The Labute approximate surface area is 135 Å². The van der Waals surface area contributed by atoms with E-state index >= 15 is 0 Å². The van der Waals surface area contributed by atoms with Crippen LogP contribution < -0.4 is 5.32 Å². The van der Waals surface area contributed by atoms with Crippen molar-refractivity contribution in [1.29, 1.82) is 0 Å². The molecule has 124 valence electrons. The van der Waals surface area contributed by atoms with Crippen molar-refractivity contribution in [2.75, 3.05) is 26.3 Å². The van der Waals surface area contributed by atoms with E-state index in [0.29, 0.717) is 25.7 Å². The number of hydrogen-bond acceptors (Lipinski definition) is 3. The number of likely N-dealkylation sites (tertiary alicyclic amines) is 1. The van der Waals surface area contributed by atoms with Crippen molar-refractivity contribution in [2.24, 2.45) is 5.92 Å². The zero-order valence-corrected chi connectivity index (χ0v) is 13.0. The van der Waals surface area contributed by atoms with E-state index in [4.69, 9.17) is 9.84 Å². The first-order valence-electron chi connectivity index (χ1n) is 8.06. The van der Waals surface area contributed by atoms with Crippen LogP contribution >= 0.6 is 0 Å². The Morgan fingerprint density at radius 2 is 2.09 bits per heavy atom. The van der Waals surface area contributed by atoms with Crippen molar-refractivity contribution in [1.82, 2.24) is 10.2 Å². The van der Waals surface area contributed by atoms with Crippen LogP contribution in [0.4, 0.5) is 4.79 Å². The van der Waals surface area contributed by atoms with Gasteiger partial charge in [-0.15, -0.1) is 0 Å². The minimum Gasteiger partial charge on any atom is -0.481 e. The zero-order valence-electron chi connectivity index (χ0n) is 13.0. The molecular formula is C17H22N2O4. The van der Waals surface area contributed by atoms with E-state index in [0.717, 1.165) is 6.42 Å². The van der Waals surface area contributed by atoms with E-state index in [1.165, 1.54) is 5.56 Å². The maximum atomic E-state index is 12.4. The standard InChI is InChI=1S/C17H22N2O4/c20-16(21)6-8-18-17(22)19-10-13(12-4-2-1-3-5-12)14-11-23-9-7-15(14)19/h1-5,13-15H,6-11H2,(H,18,22)(H,20,21). The highest BCUT2D eigenvalue weighted by atomic mass is 16.5. The number of hydrogen-bond donors (Lipinski definition) is 2. The minimum atomic E-state index is -0.905. The average molecular weight is 318 g/mol. The fourth-order valence-electron chi connectivity index (χ4n) is 3.67. The molecule has 3 unspecified atom stereocenters. The largest absolute Gasteiger partial charge is 0.481 e. The molecule has 2 heterocycles. The SMILES string of the molecule is O=C(O)CCNC(=O)N1CC(c2ccccc2)C2COCCC21. The lowest BCUT2D eigenvalue weighted by molar-refractivity contribution is -0.136. The molecule has 3 atom stereocenters. The normalized spacial score (nSPS) is 26.6. The van der Waals surface area contributed by atoms with Crippen LogP contribution in [0.2, 0.25) is 0 Å². The molecule has 0 spiro atoms. The molecule has 0 saturated carbocycles. The molecule has 2 N–H and O–H groups in total. The quantitative estimate of drug-likeness (QED) is 0.885. The number of carbonyl (C=O) groups is 2. The Kier molecular flexibility index (Phi) is 4.81. The van der Waals surface area contributed by atoms with Crippen LogP contribution in [-0.4, -0.2) is 54.4 Å². The second-order valence-electron chi connectivity index (χ2n) is 6.14. The summed E-state index contributed by atoms with van der Waals surface area (Å²) in [6, 6.07) is 10.2. The third kappa shape index (κ3) is 3.47. The van der Waals surface area contributed by atoms with Gasteiger partial charge in [0.05, 0.1) is 13.0 Å². The van der Waals surface area contributed by atoms with Gasteiger partial charge >= 0.3 is 12.0 Å². The first kappa shape index (κ1) is 15.8. The van der Waals surface area contributed by atoms with E-state index in [-0.39, 0.29) is 31.0 Å². The number of rotatable bonds is 4. The Balaban J connectivity index is 1.71. The van der Waals surface area contributed by atoms with Crippen LogP contribution in [0.5, 0.6) is 0 Å². The fourth-order valence-corrected chi connectivity index (χ4v) is 3.67. The third-order valence-corrected chi connectivity index (χ3v) is 4.78. The van der Waals surface area contributed by atoms with Gasteiger partial charge in [0.25, 0.3) is 0 Å². The molecular weight excluding hydrogens is 296 g/mol. The molecule has 2 aliphatic heterocycles. The van der Waals surface area contributed by atoms with Gasteiger partial charge < -0.3 is 20.1 Å². The fraction of sp³-hybridized carbons (Fsp3) is 0.529. The summed E-state index contributed by atoms with van der Waals surface area (Å²) >= 11 is 0. The molecule has 2 saturated heterocycles. The van der Waals surface area contributed by atoms with Gasteiger partial charge in [0.2, 0.25) is 0 Å². The Bertz CT molecular complexity index is 563. The van der Waals surface area contributed by atoms with E-state index in [1.54, 1.807) is 0 Å². The van der Waals surface area contributed by atoms with E-state index in [1.807, 2.05) is 23.1 Å². The van der Waals surface area contributed by atoms with Crippen LogP contribution in [0.25, 0.3) is 0 Å². The number of aliphatic carboxylic acids is 1. The number of fused-ring (bicyclic) bond motifs is 1. The Hall–Kier alpha value is -2.08. The van der Waals surface area contributed by atoms with Crippen molar-refractivity contribution < 1.29 is 19.4 Å². The van der Waals surface area contributed by atoms with Gasteiger partial charge in [-0.05, 0) is 12.0 Å². The molecule has 6 heteroatoms. The minimum absolute atomic E-state index is 0.0566.